The summed E-state index contributed by atoms with van der Waals surface area (Å²) >= 11 is 0. The molecule has 1 aliphatic heterocycles. The van der Waals surface area contributed by atoms with Crippen molar-refractivity contribution in [3.63, 3.8) is 0 Å². The maximum atomic E-state index is 2.44. The molecule has 1 heterocycles. The van der Waals surface area contributed by atoms with Crippen LogP contribution in [0.15, 0.2) is 0 Å². The second-order valence-corrected chi connectivity index (χ2v) is 3.18. The molecule has 0 aromatic carbocycles. The van der Waals surface area contributed by atoms with E-state index < -0.39 is 0 Å². The molecule has 1 aliphatic rings. The zero-order valence-corrected chi connectivity index (χ0v) is 10.6. The smallest absolute Gasteiger partial charge is 0.000651 e. The van der Waals surface area contributed by atoms with Crippen LogP contribution in [0.25, 0.3) is 0 Å². The molecule has 1 atom stereocenters. The fraction of sp³-hybridized carbons (Fsp3) is 1.00. The summed E-state index contributed by atoms with van der Waals surface area (Å²) in [6.07, 6.45) is 4.24. The molecule has 0 amide bonds. The number of hydrogen-bond acceptors (Lipinski definition) is 1. The Balaban J connectivity index is 0. The van der Waals surface area contributed by atoms with E-state index in [0.29, 0.717) is 0 Å². The second-order valence-electron chi connectivity index (χ2n) is 3.18. The van der Waals surface area contributed by atoms with Gasteiger partial charge < -0.3 is 4.90 Å². The first-order valence-electron chi connectivity index (χ1n) is 6.01. The zero-order valence-electron chi connectivity index (χ0n) is 10.6. The van der Waals surface area contributed by atoms with Gasteiger partial charge in [-0.05, 0) is 32.4 Å². The third kappa shape index (κ3) is 8.29. The maximum absolute atomic E-state index is 2.44. The first kappa shape index (κ1) is 15.4. The van der Waals surface area contributed by atoms with Gasteiger partial charge in [0.1, 0.15) is 0 Å². The summed E-state index contributed by atoms with van der Waals surface area (Å²) in [5.41, 5.74) is 0. The van der Waals surface area contributed by atoms with Crippen molar-refractivity contribution in [1.82, 2.24) is 4.90 Å². The van der Waals surface area contributed by atoms with E-state index in [9.17, 15) is 0 Å². The maximum Gasteiger partial charge on any atom is 0.000651 e. The average molecular weight is 187 g/mol. The number of piperidine rings is 1. The minimum atomic E-state index is 0.990. The normalized spacial score (nSPS) is 22.2. The van der Waals surface area contributed by atoms with Gasteiger partial charge in [-0.25, -0.2) is 0 Å². The van der Waals surface area contributed by atoms with Crippen LogP contribution in [0.4, 0.5) is 0 Å². The monoisotopic (exact) mass is 187 g/mol. The summed E-state index contributed by atoms with van der Waals surface area (Å²) in [6.45, 7) is 12.9. The lowest BCUT2D eigenvalue weighted by Crippen LogP contribution is -2.31. The third-order valence-corrected chi connectivity index (χ3v) is 2.30. The van der Waals surface area contributed by atoms with Gasteiger partial charge in [-0.15, -0.1) is 0 Å². The van der Waals surface area contributed by atoms with Gasteiger partial charge in [0, 0.05) is 6.54 Å². The van der Waals surface area contributed by atoms with E-state index in [2.05, 4.69) is 18.9 Å². The molecule has 0 aromatic rings. The Morgan fingerprint density at radius 2 is 1.69 bits per heavy atom. The number of likely N-dealkylation sites (tertiary alicyclic amines) is 1. The van der Waals surface area contributed by atoms with Crippen LogP contribution < -0.4 is 0 Å². The van der Waals surface area contributed by atoms with Crippen molar-refractivity contribution in [2.24, 2.45) is 5.92 Å². The van der Waals surface area contributed by atoms with Crippen LogP contribution in [0.2, 0.25) is 0 Å². The predicted molar refractivity (Wildman–Crippen MR) is 63.2 cm³/mol. The Hall–Kier alpha value is -0.0400. The molecule has 1 heteroatoms. The third-order valence-electron chi connectivity index (χ3n) is 2.30. The Labute approximate surface area is 85.5 Å². The SMILES string of the molecule is CC.CC.CCC1CCCN(C)C1. The number of rotatable bonds is 1. The lowest BCUT2D eigenvalue weighted by Gasteiger charge is -2.28. The molecule has 1 rings (SSSR count). The minimum absolute atomic E-state index is 0.990. The molecule has 0 saturated carbocycles. The Morgan fingerprint density at radius 3 is 2.00 bits per heavy atom. The van der Waals surface area contributed by atoms with E-state index in [1.54, 1.807) is 0 Å². The second kappa shape index (κ2) is 12.0. The molecule has 1 saturated heterocycles. The predicted octanol–water partition coefficient (Wildman–Crippen LogP) is 3.79. The number of nitrogens with zero attached hydrogens (tertiary/aromatic N) is 1. The van der Waals surface area contributed by atoms with Crippen LogP contribution in [-0.4, -0.2) is 25.0 Å². The minimum Gasteiger partial charge on any atom is -0.306 e. The Bertz CT molecular complexity index is 81.2. The van der Waals surface area contributed by atoms with Gasteiger partial charge in [0.25, 0.3) is 0 Å². The molecule has 13 heavy (non-hydrogen) atoms. The number of hydrogen-bond donors (Lipinski definition) is 0. The lowest BCUT2D eigenvalue weighted by atomic mass is 9.96. The lowest BCUT2D eigenvalue weighted by molar-refractivity contribution is 0.206. The first-order valence-corrected chi connectivity index (χ1v) is 6.01. The largest absolute Gasteiger partial charge is 0.306 e. The molecule has 82 valence electrons. The van der Waals surface area contributed by atoms with Crippen molar-refractivity contribution in [2.45, 2.75) is 53.9 Å². The zero-order chi connectivity index (χ0) is 10.7. The van der Waals surface area contributed by atoms with E-state index >= 15 is 0 Å². The highest BCUT2D eigenvalue weighted by molar-refractivity contribution is 4.68. The van der Waals surface area contributed by atoms with Gasteiger partial charge in [-0.1, -0.05) is 41.0 Å². The molecule has 0 radical (unpaired) electrons. The quantitative estimate of drug-likeness (QED) is 0.603. The van der Waals surface area contributed by atoms with Crippen LogP contribution in [-0.2, 0) is 0 Å². The van der Waals surface area contributed by atoms with Crippen LogP contribution in [0.3, 0.4) is 0 Å². The Morgan fingerprint density at radius 1 is 1.15 bits per heavy atom. The molecule has 1 nitrogen and oxygen atoms in total. The highest BCUT2D eigenvalue weighted by Crippen LogP contribution is 2.17. The van der Waals surface area contributed by atoms with Crippen molar-refractivity contribution >= 4 is 0 Å². The topological polar surface area (TPSA) is 3.24 Å². The van der Waals surface area contributed by atoms with Gasteiger partial charge >= 0.3 is 0 Å². The van der Waals surface area contributed by atoms with Crippen LogP contribution in [0.1, 0.15) is 53.9 Å². The van der Waals surface area contributed by atoms with Gasteiger partial charge in [0.15, 0.2) is 0 Å². The van der Waals surface area contributed by atoms with Crippen LogP contribution >= 0.6 is 0 Å². The van der Waals surface area contributed by atoms with Crippen molar-refractivity contribution in [3.8, 4) is 0 Å². The summed E-state index contributed by atoms with van der Waals surface area (Å²) in [4.78, 5) is 2.44. The van der Waals surface area contributed by atoms with Crippen LogP contribution in [0, 0.1) is 5.92 Å². The van der Waals surface area contributed by atoms with Crippen molar-refractivity contribution in [3.05, 3.63) is 0 Å². The highest BCUT2D eigenvalue weighted by Gasteiger charge is 2.14. The van der Waals surface area contributed by atoms with Gasteiger partial charge in [0.2, 0.25) is 0 Å². The molecule has 0 aromatic heterocycles. The van der Waals surface area contributed by atoms with Crippen molar-refractivity contribution in [1.29, 1.82) is 0 Å². The highest BCUT2D eigenvalue weighted by atomic mass is 15.1. The first-order chi connectivity index (χ1) is 6.33. The summed E-state index contributed by atoms with van der Waals surface area (Å²) in [5, 5.41) is 0. The molecule has 0 bridgehead atoms. The molecule has 0 spiro atoms. The van der Waals surface area contributed by atoms with Gasteiger partial charge in [0.05, 0.1) is 0 Å². The summed E-state index contributed by atoms with van der Waals surface area (Å²) < 4.78 is 0. The standard InChI is InChI=1S/C8H17N.2C2H6/c1-3-8-5-4-6-9(2)7-8;2*1-2/h8H,3-7H2,1-2H3;2*1-2H3. The van der Waals surface area contributed by atoms with E-state index in [4.69, 9.17) is 0 Å². The molecular weight excluding hydrogens is 158 g/mol. The molecule has 1 fully saturated rings. The van der Waals surface area contributed by atoms with E-state index in [1.165, 1.54) is 32.4 Å². The van der Waals surface area contributed by atoms with E-state index in [0.717, 1.165) is 5.92 Å². The van der Waals surface area contributed by atoms with Crippen molar-refractivity contribution < 1.29 is 0 Å². The van der Waals surface area contributed by atoms with Gasteiger partial charge in [-0.3, -0.25) is 0 Å². The van der Waals surface area contributed by atoms with Crippen LogP contribution in [0.5, 0.6) is 0 Å². The Kier molecular flexibility index (Phi) is 14.2. The molecule has 1 unspecified atom stereocenters. The molecular formula is C12H29N. The van der Waals surface area contributed by atoms with E-state index in [1.807, 2.05) is 27.7 Å². The molecule has 0 N–H and O–H groups in total. The summed E-state index contributed by atoms with van der Waals surface area (Å²) in [6, 6.07) is 0. The molecule has 0 aliphatic carbocycles. The fourth-order valence-electron chi connectivity index (χ4n) is 1.61. The van der Waals surface area contributed by atoms with Gasteiger partial charge in [-0.2, -0.15) is 0 Å². The fourth-order valence-corrected chi connectivity index (χ4v) is 1.61. The summed E-state index contributed by atoms with van der Waals surface area (Å²) in [5.74, 6) is 0.990. The van der Waals surface area contributed by atoms with E-state index in [-0.39, 0.29) is 0 Å². The average Bonchev–Trinajstić information content (AvgIpc) is 2.24. The summed E-state index contributed by atoms with van der Waals surface area (Å²) in [7, 11) is 2.22. The van der Waals surface area contributed by atoms with Crippen molar-refractivity contribution in [2.75, 3.05) is 20.1 Å².